The van der Waals surface area contributed by atoms with Gasteiger partial charge >= 0.3 is 12.8 Å². The van der Waals surface area contributed by atoms with Crippen molar-refractivity contribution < 1.29 is 36.2 Å². The van der Waals surface area contributed by atoms with E-state index in [4.69, 9.17) is 0 Å². The lowest BCUT2D eigenvalue weighted by atomic mass is 9.81. The number of aliphatic hydroxyl groups is 1. The van der Waals surface area contributed by atoms with Crippen LogP contribution >= 0.6 is 0 Å². The fourth-order valence-corrected chi connectivity index (χ4v) is 4.75. The minimum Gasteiger partial charge on any atom is -0.435 e. The molecule has 0 bridgehead atoms. The number of benzene rings is 2. The van der Waals surface area contributed by atoms with Gasteiger partial charge in [-0.25, -0.2) is 4.39 Å². The van der Waals surface area contributed by atoms with Crippen LogP contribution in [0.25, 0.3) is 11.1 Å². The summed E-state index contributed by atoms with van der Waals surface area (Å²) in [7, 11) is 0. The van der Waals surface area contributed by atoms with E-state index in [1.165, 1.54) is 29.2 Å². The maximum atomic E-state index is 13.9. The summed E-state index contributed by atoms with van der Waals surface area (Å²) in [6, 6.07) is 10.6. The number of fused-ring (bicyclic) bond motifs is 1. The zero-order valence-electron chi connectivity index (χ0n) is 18.0. The van der Waals surface area contributed by atoms with Crippen molar-refractivity contribution in [2.45, 2.75) is 44.2 Å². The number of nitrogens with zero attached hydrogens (tertiary/aromatic N) is 1. The maximum Gasteiger partial charge on any atom is 0.416 e. The molecule has 0 fully saturated rings. The van der Waals surface area contributed by atoms with Gasteiger partial charge in [0, 0.05) is 17.6 Å². The molecule has 182 valence electrons. The van der Waals surface area contributed by atoms with E-state index in [1.807, 2.05) is 0 Å². The van der Waals surface area contributed by atoms with Crippen molar-refractivity contribution >= 4 is 5.69 Å². The van der Waals surface area contributed by atoms with Crippen molar-refractivity contribution in [3.63, 3.8) is 0 Å². The number of halogens is 6. The number of allylic oxidation sites excluding steroid dienone is 2. The standard InChI is InChI=1S/C25H23F6NO2/c26-17-6-1-4-15(12-17)19-8-3-9-22-20(19)10-11-21(32(22)14-23(33)25(29,30)31)16-5-2-7-18(13-16)34-24(27)28/h1-4,6-9,12-13,16,21,23-24,33H,5,10-11,14H2/t16?,21-,23+/m1/s1. The molecule has 3 atom stereocenters. The van der Waals surface area contributed by atoms with Gasteiger partial charge in [0.25, 0.3) is 0 Å². The zero-order valence-corrected chi connectivity index (χ0v) is 18.0. The lowest BCUT2D eigenvalue weighted by Gasteiger charge is -2.44. The van der Waals surface area contributed by atoms with Gasteiger partial charge in [-0.1, -0.05) is 30.3 Å². The predicted octanol–water partition coefficient (Wildman–Crippen LogP) is 6.24. The molecule has 1 N–H and O–H groups in total. The van der Waals surface area contributed by atoms with Gasteiger partial charge in [0.05, 0.1) is 6.54 Å². The molecule has 0 saturated carbocycles. The molecule has 9 heteroatoms. The molecule has 1 unspecified atom stereocenters. The first-order valence-corrected chi connectivity index (χ1v) is 10.9. The van der Waals surface area contributed by atoms with Crippen LogP contribution in [-0.2, 0) is 11.2 Å². The first-order valence-electron chi connectivity index (χ1n) is 10.9. The highest BCUT2D eigenvalue weighted by Crippen LogP contribution is 2.42. The van der Waals surface area contributed by atoms with Crippen LogP contribution in [0.1, 0.15) is 18.4 Å². The second-order valence-electron chi connectivity index (χ2n) is 8.38. The van der Waals surface area contributed by atoms with Gasteiger partial charge in [0.1, 0.15) is 11.6 Å². The number of anilines is 1. The summed E-state index contributed by atoms with van der Waals surface area (Å²) >= 11 is 0. The molecule has 34 heavy (non-hydrogen) atoms. The van der Waals surface area contributed by atoms with Crippen molar-refractivity contribution in [3.8, 4) is 11.1 Å². The van der Waals surface area contributed by atoms with Crippen LogP contribution in [0.3, 0.4) is 0 Å². The Morgan fingerprint density at radius 1 is 1.12 bits per heavy atom. The molecule has 4 rings (SSSR count). The molecule has 0 amide bonds. The molecule has 0 aromatic heterocycles. The van der Waals surface area contributed by atoms with Gasteiger partial charge in [0.15, 0.2) is 6.10 Å². The summed E-state index contributed by atoms with van der Waals surface area (Å²) in [5.74, 6) is -0.870. The van der Waals surface area contributed by atoms with Crippen molar-refractivity contribution in [2.24, 2.45) is 5.92 Å². The van der Waals surface area contributed by atoms with Gasteiger partial charge < -0.3 is 14.7 Å². The lowest BCUT2D eigenvalue weighted by Crippen LogP contribution is -2.50. The molecule has 1 aliphatic heterocycles. The Balaban J connectivity index is 1.74. The Morgan fingerprint density at radius 3 is 2.59 bits per heavy atom. The fourth-order valence-electron chi connectivity index (χ4n) is 4.75. The van der Waals surface area contributed by atoms with E-state index < -0.39 is 43.2 Å². The average molecular weight is 483 g/mol. The average Bonchev–Trinajstić information content (AvgIpc) is 2.78. The summed E-state index contributed by atoms with van der Waals surface area (Å²) in [4.78, 5) is 1.50. The minimum atomic E-state index is -4.82. The molecule has 2 aromatic rings. The van der Waals surface area contributed by atoms with E-state index in [9.17, 15) is 31.4 Å². The molecule has 3 nitrogen and oxygen atoms in total. The van der Waals surface area contributed by atoms with E-state index in [0.717, 1.165) is 5.56 Å². The number of rotatable bonds is 6. The first kappa shape index (κ1) is 24.2. The van der Waals surface area contributed by atoms with Crippen LogP contribution < -0.4 is 4.90 Å². The SMILES string of the molecule is O[C@@H](CN1c2cccc(-c3cccc(F)c3)c2CC[C@@H]1C1C=C(OC(F)F)C=CC1)C(F)(F)F. The maximum absolute atomic E-state index is 13.9. The number of alkyl halides is 5. The molecule has 0 radical (unpaired) electrons. The van der Waals surface area contributed by atoms with E-state index in [2.05, 4.69) is 4.74 Å². The second-order valence-corrected chi connectivity index (χ2v) is 8.38. The lowest BCUT2D eigenvalue weighted by molar-refractivity contribution is -0.200. The third-order valence-electron chi connectivity index (χ3n) is 6.22. The van der Waals surface area contributed by atoms with E-state index in [0.29, 0.717) is 36.1 Å². The number of hydrogen-bond donors (Lipinski definition) is 1. The monoisotopic (exact) mass is 483 g/mol. The smallest absolute Gasteiger partial charge is 0.416 e. The van der Waals surface area contributed by atoms with Crippen LogP contribution in [0.4, 0.5) is 32.0 Å². The van der Waals surface area contributed by atoms with Crippen molar-refractivity contribution in [2.75, 3.05) is 11.4 Å². The zero-order chi connectivity index (χ0) is 24.5. The van der Waals surface area contributed by atoms with Crippen molar-refractivity contribution in [3.05, 3.63) is 77.8 Å². The molecule has 1 heterocycles. The van der Waals surface area contributed by atoms with Gasteiger partial charge in [-0.3, -0.25) is 0 Å². The largest absolute Gasteiger partial charge is 0.435 e. The Kier molecular flexibility index (Phi) is 6.93. The molecule has 2 aliphatic rings. The summed E-state index contributed by atoms with van der Waals surface area (Å²) in [6.07, 6.45) is -1.52. The van der Waals surface area contributed by atoms with E-state index >= 15 is 0 Å². The number of ether oxygens (including phenoxy) is 1. The third-order valence-corrected chi connectivity index (χ3v) is 6.22. The predicted molar refractivity (Wildman–Crippen MR) is 116 cm³/mol. The van der Waals surface area contributed by atoms with Crippen molar-refractivity contribution in [1.29, 1.82) is 0 Å². The fraction of sp³-hybridized carbons (Fsp3) is 0.360. The summed E-state index contributed by atoms with van der Waals surface area (Å²) < 4.78 is 83.7. The summed E-state index contributed by atoms with van der Waals surface area (Å²) in [5.41, 5.74) is 2.54. The van der Waals surface area contributed by atoms with Crippen molar-refractivity contribution in [1.82, 2.24) is 0 Å². The van der Waals surface area contributed by atoms with Gasteiger partial charge in [-0.2, -0.15) is 22.0 Å². The highest BCUT2D eigenvalue weighted by molar-refractivity contribution is 5.76. The van der Waals surface area contributed by atoms with Crippen LogP contribution in [0, 0.1) is 11.7 Å². The Bertz CT molecular complexity index is 1080. The second kappa shape index (κ2) is 9.74. The number of β-amino-alcohol motifs (C(OH)–C–C–N with tert-alkyl or cyclic N) is 1. The molecule has 0 spiro atoms. The highest BCUT2D eigenvalue weighted by Gasteiger charge is 2.42. The Labute approximate surface area is 193 Å². The molecular formula is C25H23F6NO2. The molecule has 1 aliphatic carbocycles. The van der Waals surface area contributed by atoms with Gasteiger partial charge in [-0.15, -0.1) is 0 Å². The molecule has 2 aromatic carbocycles. The number of aliphatic hydroxyl groups excluding tert-OH is 1. The van der Waals surface area contributed by atoms with Crippen LogP contribution in [-0.4, -0.2) is 36.6 Å². The first-order chi connectivity index (χ1) is 16.1. The van der Waals surface area contributed by atoms with Crippen LogP contribution in [0.2, 0.25) is 0 Å². The van der Waals surface area contributed by atoms with Gasteiger partial charge in [0.2, 0.25) is 0 Å². The third kappa shape index (κ3) is 5.24. The van der Waals surface area contributed by atoms with E-state index in [1.54, 1.807) is 36.4 Å². The van der Waals surface area contributed by atoms with Crippen LogP contribution in [0.15, 0.2) is 66.5 Å². The molecular weight excluding hydrogens is 460 g/mol. The summed E-state index contributed by atoms with van der Waals surface area (Å²) in [6.45, 7) is -3.73. The summed E-state index contributed by atoms with van der Waals surface area (Å²) in [5, 5.41) is 9.90. The quantitative estimate of drug-likeness (QED) is 0.494. The normalized spacial score (nSPS) is 21.3. The Morgan fingerprint density at radius 2 is 1.88 bits per heavy atom. The Hall–Kier alpha value is -2.94. The highest BCUT2D eigenvalue weighted by atomic mass is 19.4. The van der Waals surface area contributed by atoms with E-state index in [-0.39, 0.29) is 5.76 Å². The topological polar surface area (TPSA) is 32.7 Å². The van der Waals surface area contributed by atoms with Gasteiger partial charge in [-0.05, 0) is 66.3 Å². The number of hydrogen-bond acceptors (Lipinski definition) is 3. The van der Waals surface area contributed by atoms with Crippen LogP contribution in [0.5, 0.6) is 0 Å². The molecule has 0 saturated heterocycles. The minimum absolute atomic E-state index is 0.0399.